The van der Waals surface area contributed by atoms with Crippen LogP contribution in [0.4, 0.5) is 4.79 Å². The van der Waals surface area contributed by atoms with Gasteiger partial charge in [0.15, 0.2) is 0 Å². The summed E-state index contributed by atoms with van der Waals surface area (Å²) < 4.78 is 37.4. The Labute approximate surface area is 140 Å². The van der Waals surface area contributed by atoms with Crippen LogP contribution in [0.15, 0.2) is 48.6 Å². The maximum absolute atomic E-state index is 12.3. The molecule has 1 aliphatic carbocycles. The van der Waals surface area contributed by atoms with E-state index in [0.717, 1.165) is 0 Å². The number of rotatable bonds is 4. The molecular weight excluding hydrogens is 332 g/mol. The number of methoxy groups -OCH3 is 1. The number of benzene rings is 1. The van der Waals surface area contributed by atoms with Crippen molar-refractivity contribution in [2.75, 3.05) is 20.2 Å². The van der Waals surface area contributed by atoms with E-state index in [9.17, 15) is 17.8 Å². The van der Waals surface area contributed by atoms with Crippen LogP contribution in [-0.4, -0.2) is 49.4 Å². The van der Waals surface area contributed by atoms with Crippen molar-refractivity contribution >= 4 is 16.1 Å². The van der Waals surface area contributed by atoms with Crippen molar-refractivity contribution < 1.29 is 22.5 Å². The summed E-state index contributed by atoms with van der Waals surface area (Å²) in [5.74, 6) is 0.580. The third-order valence-corrected chi connectivity index (χ3v) is 5.27. The molecule has 2 N–H and O–H groups in total. The van der Waals surface area contributed by atoms with Crippen molar-refractivity contribution in [2.24, 2.45) is 0 Å². The van der Waals surface area contributed by atoms with Gasteiger partial charge in [0.1, 0.15) is 16.5 Å². The SMILES string of the molecule is COc1ccccc1C1(N2CCNC2=O)C=CC(S(=O)(=O)O)C=C1. The van der Waals surface area contributed by atoms with Gasteiger partial charge < -0.3 is 15.0 Å². The first-order chi connectivity index (χ1) is 11.4. The third-order valence-electron chi connectivity index (χ3n) is 4.27. The molecule has 2 amide bonds. The molecule has 8 heteroatoms. The number of para-hydroxylation sites is 1. The van der Waals surface area contributed by atoms with Gasteiger partial charge in [-0.2, -0.15) is 8.42 Å². The van der Waals surface area contributed by atoms with Crippen LogP contribution >= 0.6 is 0 Å². The van der Waals surface area contributed by atoms with Crippen LogP contribution in [0.5, 0.6) is 5.75 Å². The predicted octanol–water partition coefficient (Wildman–Crippen LogP) is 1.30. The van der Waals surface area contributed by atoms with Crippen LogP contribution in [0, 0.1) is 0 Å². The molecule has 1 heterocycles. The molecule has 3 rings (SSSR count). The normalized spacial score (nSPS) is 26.5. The first kappa shape index (κ1) is 16.5. The molecule has 0 bridgehead atoms. The minimum absolute atomic E-state index is 0.250. The maximum atomic E-state index is 12.3. The number of nitrogens with zero attached hydrogens (tertiary/aromatic N) is 1. The highest BCUT2D eigenvalue weighted by atomic mass is 32.2. The van der Waals surface area contributed by atoms with E-state index in [2.05, 4.69) is 5.32 Å². The van der Waals surface area contributed by atoms with Gasteiger partial charge in [-0.25, -0.2) is 4.79 Å². The summed E-state index contributed by atoms with van der Waals surface area (Å²) in [7, 11) is -2.70. The van der Waals surface area contributed by atoms with E-state index in [1.807, 2.05) is 18.2 Å². The van der Waals surface area contributed by atoms with Crippen molar-refractivity contribution in [1.82, 2.24) is 10.2 Å². The van der Waals surface area contributed by atoms with Crippen molar-refractivity contribution in [2.45, 2.75) is 10.8 Å². The zero-order chi connectivity index (χ0) is 17.4. The molecule has 0 aromatic heterocycles. The lowest BCUT2D eigenvalue weighted by Gasteiger charge is -2.39. The molecule has 2 aliphatic rings. The molecule has 0 saturated carbocycles. The van der Waals surface area contributed by atoms with Crippen LogP contribution in [0.1, 0.15) is 5.56 Å². The lowest BCUT2D eigenvalue weighted by Crippen LogP contribution is -2.47. The molecule has 0 radical (unpaired) electrons. The van der Waals surface area contributed by atoms with Gasteiger partial charge in [-0.3, -0.25) is 4.55 Å². The summed E-state index contributed by atoms with van der Waals surface area (Å²) in [5.41, 5.74) is -0.264. The average Bonchev–Trinajstić information content (AvgIpc) is 3.00. The number of carbonyl (C=O) groups is 1. The number of amides is 2. The van der Waals surface area contributed by atoms with Crippen molar-refractivity contribution in [3.63, 3.8) is 0 Å². The first-order valence-electron chi connectivity index (χ1n) is 7.42. The van der Waals surface area contributed by atoms with Crippen molar-refractivity contribution in [3.05, 3.63) is 54.1 Å². The molecular formula is C16H18N2O5S. The lowest BCUT2D eigenvalue weighted by atomic mass is 9.83. The maximum Gasteiger partial charge on any atom is 0.318 e. The second kappa shape index (κ2) is 5.95. The van der Waals surface area contributed by atoms with E-state index >= 15 is 0 Å². The van der Waals surface area contributed by atoms with Crippen molar-refractivity contribution in [1.29, 1.82) is 0 Å². The van der Waals surface area contributed by atoms with Crippen LogP contribution in [0.3, 0.4) is 0 Å². The van der Waals surface area contributed by atoms with Crippen LogP contribution in [0.2, 0.25) is 0 Å². The zero-order valence-electron chi connectivity index (χ0n) is 13.0. The van der Waals surface area contributed by atoms with Gasteiger partial charge in [-0.15, -0.1) is 0 Å². The summed E-state index contributed by atoms with van der Waals surface area (Å²) in [6.45, 7) is 0.960. The molecule has 1 saturated heterocycles. The number of nitrogens with one attached hydrogen (secondary N) is 1. The monoisotopic (exact) mass is 350 g/mol. The molecule has 0 unspecified atom stereocenters. The summed E-state index contributed by atoms with van der Waals surface area (Å²) >= 11 is 0. The lowest BCUT2D eigenvalue weighted by molar-refractivity contribution is 0.185. The number of hydrogen-bond donors (Lipinski definition) is 2. The van der Waals surface area contributed by atoms with Gasteiger partial charge in [0, 0.05) is 18.7 Å². The molecule has 24 heavy (non-hydrogen) atoms. The fourth-order valence-electron chi connectivity index (χ4n) is 3.11. The first-order valence-corrected chi connectivity index (χ1v) is 8.93. The quantitative estimate of drug-likeness (QED) is 0.630. The van der Waals surface area contributed by atoms with Gasteiger partial charge in [-0.1, -0.05) is 42.5 Å². The fraction of sp³-hybridized carbons (Fsp3) is 0.312. The molecule has 0 spiro atoms. The fourth-order valence-corrected chi connectivity index (χ4v) is 3.66. The number of ether oxygens (including phenoxy) is 1. The summed E-state index contributed by atoms with van der Waals surface area (Å²) in [6.07, 6.45) is 6.00. The highest BCUT2D eigenvalue weighted by molar-refractivity contribution is 7.86. The Morgan fingerprint density at radius 2 is 1.96 bits per heavy atom. The molecule has 7 nitrogen and oxygen atoms in total. The molecule has 0 atom stereocenters. The summed E-state index contributed by atoms with van der Waals surface area (Å²) in [5, 5.41) is 1.62. The molecule has 1 aromatic rings. The van der Waals surface area contributed by atoms with E-state index in [0.29, 0.717) is 24.4 Å². The number of hydrogen-bond acceptors (Lipinski definition) is 4. The van der Waals surface area contributed by atoms with Gasteiger partial charge in [0.25, 0.3) is 10.1 Å². The Morgan fingerprint density at radius 3 is 2.50 bits per heavy atom. The van der Waals surface area contributed by atoms with Crippen molar-refractivity contribution in [3.8, 4) is 5.75 Å². The van der Waals surface area contributed by atoms with Crippen LogP contribution in [0.25, 0.3) is 0 Å². The highest BCUT2D eigenvalue weighted by Gasteiger charge is 2.43. The van der Waals surface area contributed by atoms with E-state index < -0.39 is 20.9 Å². The van der Waals surface area contributed by atoms with E-state index in [1.165, 1.54) is 19.3 Å². The average molecular weight is 350 g/mol. The zero-order valence-corrected chi connectivity index (χ0v) is 13.9. The Balaban J connectivity index is 2.14. The van der Waals surface area contributed by atoms with Gasteiger partial charge in [-0.05, 0) is 6.07 Å². The molecule has 1 aliphatic heterocycles. The minimum atomic E-state index is -4.23. The largest absolute Gasteiger partial charge is 0.496 e. The second-order valence-corrected chi connectivity index (χ2v) is 7.18. The predicted molar refractivity (Wildman–Crippen MR) is 88.4 cm³/mol. The molecule has 1 fully saturated rings. The van der Waals surface area contributed by atoms with E-state index in [-0.39, 0.29) is 6.03 Å². The Morgan fingerprint density at radius 1 is 1.29 bits per heavy atom. The summed E-state index contributed by atoms with van der Waals surface area (Å²) in [6, 6.07) is 7.00. The number of urea groups is 1. The van der Waals surface area contributed by atoms with Gasteiger partial charge in [0.2, 0.25) is 0 Å². The molecule has 1 aromatic carbocycles. The summed E-state index contributed by atoms with van der Waals surface area (Å²) in [4.78, 5) is 13.9. The Bertz CT molecular complexity index is 802. The second-order valence-electron chi connectivity index (χ2n) is 5.61. The minimum Gasteiger partial charge on any atom is -0.496 e. The smallest absolute Gasteiger partial charge is 0.318 e. The van der Waals surface area contributed by atoms with Crippen LogP contribution < -0.4 is 10.1 Å². The standard InChI is InChI=1S/C16H18N2O5S/c1-23-14-5-3-2-4-13(14)16(18-11-10-17-15(18)19)8-6-12(7-9-16)24(20,21)22/h2-9,12H,10-11H2,1H3,(H,17,19)(H,20,21,22). The number of carbonyl (C=O) groups excluding carboxylic acids is 1. The topological polar surface area (TPSA) is 95.9 Å². The van der Waals surface area contributed by atoms with Gasteiger partial charge >= 0.3 is 6.03 Å². The Hall–Kier alpha value is -2.32. The van der Waals surface area contributed by atoms with Gasteiger partial charge in [0.05, 0.1) is 7.11 Å². The molecule has 128 valence electrons. The van der Waals surface area contributed by atoms with E-state index in [1.54, 1.807) is 23.1 Å². The highest BCUT2D eigenvalue weighted by Crippen LogP contribution is 2.40. The van der Waals surface area contributed by atoms with Crippen LogP contribution in [-0.2, 0) is 15.7 Å². The Kier molecular flexibility index (Phi) is 4.10. The van der Waals surface area contributed by atoms with E-state index in [4.69, 9.17) is 4.74 Å². The third kappa shape index (κ3) is 2.67.